The third-order valence-corrected chi connectivity index (χ3v) is 5.11. The van der Waals surface area contributed by atoms with Crippen molar-refractivity contribution in [2.24, 2.45) is 0 Å². The Kier molecular flexibility index (Phi) is 5.84. The van der Waals surface area contributed by atoms with E-state index >= 15 is 0 Å². The normalized spacial score (nSPS) is 10.9. The van der Waals surface area contributed by atoms with Crippen LogP contribution < -0.4 is 9.47 Å². The zero-order valence-corrected chi connectivity index (χ0v) is 17.5. The average molecular weight is 399 g/mol. The predicted octanol–water partition coefficient (Wildman–Crippen LogP) is 5.83. The number of para-hydroxylation sites is 2. The lowest BCUT2D eigenvalue weighted by atomic mass is 10.1. The van der Waals surface area contributed by atoms with Gasteiger partial charge in [-0.25, -0.2) is 4.98 Å². The van der Waals surface area contributed by atoms with Crippen molar-refractivity contribution >= 4 is 11.0 Å². The molecule has 1 aromatic heterocycles. The largest absolute Gasteiger partial charge is 0.493 e. The molecule has 0 saturated carbocycles. The SMILES string of the molecule is C=CCc1ccc(OCCn2c(-c3cccc(C)c3)nc3ccccc32)c(OC)c1. The summed E-state index contributed by atoms with van der Waals surface area (Å²) >= 11 is 0. The predicted molar refractivity (Wildman–Crippen MR) is 122 cm³/mol. The van der Waals surface area contributed by atoms with Crippen molar-refractivity contribution in [3.8, 4) is 22.9 Å². The van der Waals surface area contributed by atoms with Gasteiger partial charge in [0.25, 0.3) is 0 Å². The summed E-state index contributed by atoms with van der Waals surface area (Å²) in [5, 5.41) is 0. The second-order valence-electron chi connectivity index (χ2n) is 7.27. The molecule has 0 fully saturated rings. The number of aromatic nitrogens is 2. The number of aryl methyl sites for hydroxylation is 1. The second-order valence-corrected chi connectivity index (χ2v) is 7.27. The Morgan fingerprint density at radius 1 is 1.00 bits per heavy atom. The number of nitrogens with zero attached hydrogens (tertiary/aromatic N) is 2. The van der Waals surface area contributed by atoms with Crippen molar-refractivity contribution < 1.29 is 9.47 Å². The van der Waals surface area contributed by atoms with E-state index in [1.165, 1.54) is 5.56 Å². The van der Waals surface area contributed by atoms with Crippen LogP contribution in [-0.4, -0.2) is 23.3 Å². The van der Waals surface area contributed by atoms with Crippen LogP contribution in [-0.2, 0) is 13.0 Å². The van der Waals surface area contributed by atoms with Crippen molar-refractivity contribution in [2.45, 2.75) is 19.9 Å². The Labute approximate surface area is 177 Å². The number of methoxy groups -OCH3 is 1. The van der Waals surface area contributed by atoms with E-state index in [-0.39, 0.29) is 0 Å². The quantitative estimate of drug-likeness (QED) is 0.351. The molecule has 4 aromatic rings. The molecule has 4 rings (SSSR count). The molecule has 0 bridgehead atoms. The van der Waals surface area contributed by atoms with E-state index in [4.69, 9.17) is 14.5 Å². The summed E-state index contributed by atoms with van der Waals surface area (Å²) in [6, 6.07) is 22.7. The van der Waals surface area contributed by atoms with Gasteiger partial charge in [0.2, 0.25) is 0 Å². The molecule has 30 heavy (non-hydrogen) atoms. The molecular weight excluding hydrogens is 372 g/mol. The Morgan fingerprint density at radius 2 is 1.87 bits per heavy atom. The van der Waals surface area contributed by atoms with Gasteiger partial charge >= 0.3 is 0 Å². The van der Waals surface area contributed by atoms with E-state index in [9.17, 15) is 0 Å². The molecule has 152 valence electrons. The maximum absolute atomic E-state index is 6.10. The zero-order valence-electron chi connectivity index (χ0n) is 17.5. The fraction of sp³-hybridized carbons (Fsp3) is 0.192. The van der Waals surface area contributed by atoms with E-state index in [1.807, 2.05) is 42.5 Å². The molecule has 0 unspecified atom stereocenters. The van der Waals surface area contributed by atoms with Crippen LogP contribution in [0.1, 0.15) is 11.1 Å². The first-order chi connectivity index (χ1) is 14.7. The molecule has 0 spiro atoms. The molecule has 0 N–H and O–H groups in total. The Balaban J connectivity index is 1.60. The molecular formula is C26H26N2O2. The van der Waals surface area contributed by atoms with Crippen molar-refractivity contribution in [2.75, 3.05) is 13.7 Å². The first kappa shape index (κ1) is 19.8. The minimum Gasteiger partial charge on any atom is -0.493 e. The third kappa shape index (κ3) is 4.08. The summed E-state index contributed by atoms with van der Waals surface area (Å²) in [5.41, 5.74) is 5.56. The molecule has 0 saturated heterocycles. The summed E-state index contributed by atoms with van der Waals surface area (Å²) < 4.78 is 13.8. The van der Waals surface area contributed by atoms with Crippen LogP contribution in [0, 0.1) is 6.92 Å². The highest BCUT2D eigenvalue weighted by Crippen LogP contribution is 2.29. The molecule has 0 radical (unpaired) electrons. The van der Waals surface area contributed by atoms with Crippen LogP contribution in [0.25, 0.3) is 22.4 Å². The van der Waals surface area contributed by atoms with Crippen LogP contribution in [0.15, 0.2) is 79.4 Å². The van der Waals surface area contributed by atoms with Crippen LogP contribution in [0.3, 0.4) is 0 Å². The van der Waals surface area contributed by atoms with Crippen molar-refractivity contribution in [3.63, 3.8) is 0 Å². The fourth-order valence-electron chi connectivity index (χ4n) is 3.68. The maximum Gasteiger partial charge on any atom is 0.161 e. The van der Waals surface area contributed by atoms with Gasteiger partial charge in [0.05, 0.1) is 24.7 Å². The highest BCUT2D eigenvalue weighted by molar-refractivity contribution is 5.80. The van der Waals surface area contributed by atoms with Gasteiger partial charge in [0.1, 0.15) is 12.4 Å². The standard InChI is InChI=1S/C26H26N2O2/c1-4-8-20-13-14-24(25(18-20)29-3)30-16-15-28-23-12-6-5-11-22(23)27-26(28)21-10-7-9-19(2)17-21/h4-7,9-14,17-18H,1,8,15-16H2,2-3H3. The average Bonchev–Trinajstić information content (AvgIpc) is 3.13. The smallest absolute Gasteiger partial charge is 0.161 e. The zero-order chi connectivity index (χ0) is 20.9. The molecule has 0 aliphatic rings. The number of imidazole rings is 1. The van der Waals surface area contributed by atoms with E-state index < -0.39 is 0 Å². The minimum atomic E-state index is 0.510. The molecule has 4 heteroatoms. The Bertz CT molecular complexity index is 1180. The number of hydrogen-bond donors (Lipinski definition) is 0. The highest BCUT2D eigenvalue weighted by Gasteiger charge is 2.13. The third-order valence-electron chi connectivity index (χ3n) is 5.11. The lowest BCUT2D eigenvalue weighted by Crippen LogP contribution is -2.10. The number of hydrogen-bond acceptors (Lipinski definition) is 3. The first-order valence-electron chi connectivity index (χ1n) is 10.1. The van der Waals surface area contributed by atoms with Gasteiger partial charge in [-0.3, -0.25) is 0 Å². The molecule has 0 aliphatic carbocycles. The monoisotopic (exact) mass is 398 g/mol. The first-order valence-corrected chi connectivity index (χ1v) is 10.1. The van der Waals surface area contributed by atoms with Crippen molar-refractivity contribution in [3.05, 3.63) is 90.5 Å². The summed E-state index contributed by atoms with van der Waals surface area (Å²) in [7, 11) is 1.67. The van der Waals surface area contributed by atoms with E-state index in [2.05, 4.69) is 48.4 Å². The molecule has 0 amide bonds. The molecule has 1 heterocycles. The van der Waals surface area contributed by atoms with Gasteiger partial charge in [-0.2, -0.15) is 0 Å². The van der Waals surface area contributed by atoms with Crippen LogP contribution in [0.2, 0.25) is 0 Å². The fourth-order valence-corrected chi connectivity index (χ4v) is 3.68. The number of benzene rings is 3. The summed E-state index contributed by atoms with van der Waals surface area (Å²) in [4.78, 5) is 4.89. The van der Waals surface area contributed by atoms with Gasteiger partial charge in [0.15, 0.2) is 11.5 Å². The van der Waals surface area contributed by atoms with Crippen LogP contribution >= 0.6 is 0 Å². The van der Waals surface area contributed by atoms with Gasteiger partial charge in [-0.15, -0.1) is 6.58 Å². The van der Waals surface area contributed by atoms with E-state index in [0.29, 0.717) is 13.2 Å². The second kappa shape index (κ2) is 8.87. The van der Waals surface area contributed by atoms with Crippen molar-refractivity contribution in [1.29, 1.82) is 0 Å². The maximum atomic E-state index is 6.10. The van der Waals surface area contributed by atoms with Gasteiger partial charge in [0, 0.05) is 5.56 Å². The Hall–Kier alpha value is -3.53. The Morgan fingerprint density at radius 3 is 2.67 bits per heavy atom. The molecule has 0 atom stereocenters. The number of rotatable bonds is 8. The molecule has 3 aromatic carbocycles. The van der Waals surface area contributed by atoms with Gasteiger partial charge in [-0.1, -0.05) is 48.0 Å². The molecule has 0 aliphatic heterocycles. The van der Waals surface area contributed by atoms with Crippen molar-refractivity contribution in [1.82, 2.24) is 9.55 Å². The van der Waals surface area contributed by atoms with Crippen LogP contribution in [0.5, 0.6) is 11.5 Å². The van der Waals surface area contributed by atoms with Gasteiger partial charge < -0.3 is 14.0 Å². The lowest BCUT2D eigenvalue weighted by Gasteiger charge is -2.14. The summed E-state index contributed by atoms with van der Waals surface area (Å²) in [6.45, 7) is 7.09. The highest BCUT2D eigenvalue weighted by atomic mass is 16.5. The lowest BCUT2D eigenvalue weighted by molar-refractivity contribution is 0.281. The summed E-state index contributed by atoms with van der Waals surface area (Å²) in [6.07, 6.45) is 2.68. The number of fused-ring (bicyclic) bond motifs is 1. The minimum absolute atomic E-state index is 0.510. The summed E-state index contributed by atoms with van der Waals surface area (Å²) in [5.74, 6) is 2.44. The van der Waals surface area contributed by atoms with Crippen LogP contribution in [0.4, 0.5) is 0 Å². The van der Waals surface area contributed by atoms with E-state index in [0.717, 1.165) is 45.9 Å². The topological polar surface area (TPSA) is 36.3 Å². The number of ether oxygens (including phenoxy) is 2. The van der Waals surface area contributed by atoms with Gasteiger partial charge in [-0.05, 0) is 49.2 Å². The van der Waals surface area contributed by atoms with E-state index in [1.54, 1.807) is 7.11 Å². The molecule has 4 nitrogen and oxygen atoms in total. The number of allylic oxidation sites excluding steroid dienone is 1.